The van der Waals surface area contributed by atoms with Crippen molar-refractivity contribution >= 4 is 11.9 Å². The highest BCUT2D eigenvalue weighted by molar-refractivity contribution is 5.68. The number of nitrogens with one attached hydrogen (secondary N) is 1. The van der Waals surface area contributed by atoms with Crippen molar-refractivity contribution in [3.63, 3.8) is 0 Å². The summed E-state index contributed by atoms with van der Waals surface area (Å²) >= 11 is 0. The number of carbonyl (C=O) groups excluding carboxylic acids is 1. The number of aromatic nitrogens is 1. The van der Waals surface area contributed by atoms with Gasteiger partial charge in [0.25, 0.3) is 0 Å². The average molecular weight is 375 g/mol. The van der Waals surface area contributed by atoms with E-state index >= 15 is 0 Å². The van der Waals surface area contributed by atoms with E-state index < -0.39 is 5.60 Å². The van der Waals surface area contributed by atoms with Crippen LogP contribution in [0, 0.1) is 23.6 Å². The maximum atomic E-state index is 13.0. The van der Waals surface area contributed by atoms with Crippen LogP contribution in [0.4, 0.5) is 15.0 Å². The van der Waals surface area contributed by atoms with Crippen LogP contribution in [0.25, 0.3) is 0 Å². The van der Waals surface area contributed by atoms with E-state index in [9.17, 15) is 14.3 Å². The van der Waals surface area contributed by atoms with Gasteiger partial charge in [-0.15, -0.1) is 0 Å². The Balaban J connectivity index is 1.17. The van der Waals surface area contributed by atoms with Crippen molar-refractivity contribution in [3.8, 4) is 0 Å². The number of amides is 1. The Labute approximate surface area is 158 Å². The summed E-state index contributed by atoms with van der Waals surface area (Å²) in [4.78, 5) is 18.5. The molecule has 7 heteroatoms. The molecule has 146 valence electrons. The van der Waals surface area contributed by atoms with Gasteiger partial charge in [0.2, 0.25) is 0 Å². The van der Waals surface area contributed by atoms with E-state index in [1.807, 2.05) is 0 Å². The van der Waals surface area contributed by atoms with E-state index in [2.05, 4.69) is 10.3 Å². The molecule has 4 aliphatic carbocycles. The van der Waals surface area contributed by atoms with Gasteiger partial charge in [-0.1, -0.05) is 0 Å². The molecule has 6 rings (SSSR count). The molecule has 27 heavy (non-hydrogen) atoms. The molecule has 1 aromatic rings. The van der Waals surface area contributed by atoms with Crippen molar-refractivity contribution in [2.75, 3.05) is 18.4 Å². The molecule has 1 unspecified atom stereocenters. The molecule has 5 fully saturated rings. The maximum Gasteiger partial charge on any atom is 0.410 e. The van der Waals surface area contributed by atoms with Crippen LogP contribution in [-0.2, 0) is 4.74 Å². The van der Waals surface area contributed by atoms with Gasteiger partial charge in [0.05, 0.1) is 11.8 Å². The van der Waals surface area contributed by atoms with Gasteiger partial charge in [-0.05, 0) is 68.4 Å². The predicted octanol–water partition coefficient (Wildman–Crippen LogP) is 2.78. The first-order valence-corrected chi connectivity index (χ1v) is 10.0. The van der Waals surface area contributed by atoms with Crippen molar-refractivity contribution < 1.29 is 19.0 Å². The molecule has 0 aromatic carbocycles. The molecule has 4 bridgehead atoms. The Morgan fingerprint density at radius 1 is 1.30 bits per heavy atom. The lowest BCUT2D eigenvalue weighted by atomic mass is 9.53. The van der Waals surface area contributed by atoms with E-state index in [4.69, 9.17) is 4.74 Å². The van der Waals surface area contributed by atoms with Gasteiger partial charge in [0.15, 0.2) is 0 Å². The fourth-order valence-corrected chi connectivity index (χ4v) is 6.03. The Kier molecular flexibility index (Phi) is 4.04. The normalized spacial score (nSPS) is 39.6. The van der Waals surface area contributed by atoms with E-state index in [1.165, 1.54) is 12.3 Å². The molecule has 2 N–H and O–H groups in total. The summed E-state index contributed by atoms with van der Waals surface area (Å²) in [5, 5.41) is 13.9. The quantitative estimate of drug-likeness (QED) is 0.850. The number of carbonyl (C=O) groups is 1. The zero-order valence-corrected chi connectivity index (χ0v) is 15.3. The van der Waals surface area contributed by atoms with Crippen LogP contribution in [0.3, 0.4) is 0 Å². The lowest BCUT2D eigenvalue weighted by molar-refractivity contribution is -0.177. The van der Waals surface area contributed by atoms with Gasteiger partial charge < -0.3 is 20.1 Å². The number of anilines is 1. The summed E-state index contributed by atoms with van der Waals surface area (Å²) in [5.74, 6) is 1.48. The lowest BCUT2D eigenvalue weighted by Crippen LogP contribution is -2.58. The van der Waals surface area contributed by atoms with Gasteiger partial charge >= 0.3 is 6.09 Å². The first kappa shape index (κ1) is 17.2. The van der Waals surface area contributed by atoms with Crippen LogP contribution < -0.4 is 5.32 Å². The topological polar surface area (TPSA) is 74.7 Å². The Morgan fingerprint density at radius 3 is 2.74 bits per heavy atom. The van der Waals surface area contributed by atoms with Gasteiger partial charge in [0.1, 0.15) is 17.7 Å². The second-order valence-corrected chi connectivity index (χ2v) is 8.98. The van der Waals surface area contributed by atoms with Gasteiger partial charge in [-0.3, -0.25) is 0 Å². The molecule has 4 saturated carbocycles. The largest absolute Gasteiger partial charge is 0.446 e. The summed E-state index contributed by atoms with van der Waals surface area (Å²) in [7, 11) is 0. The number of pyridine rings is 1. The maximum absolute atomic E-state index is 13.0. The molecular weight excluding hydrogens is 349 g/mol. The molecule has 0 spiro atoms. The first-order chi connectivity index (χ1) is 13.0. The number of aliphatic hydroxyl groups is 1. The van der Waals surface area contributed by atoms with Crippen molar-refractivity contribution in [1.82, 2.24) is 9.88 Å². The summed E-state index contributed by atoms with van der Waals surface area (Å²) in [6, 6.07) is 3.07. The fourth-order valence-electron chi connectivity index (χ4n) is 6.03. The van der Waals surface area contributed by atoms with Crippen molar-refractivity contribution in [3.05, 3.63) is 24.1 Å². The van der Waals surface area contributed by atoms with Crippen LogP contribution in [0.15, 0.2) is 18.3 Å². The molecule has 2 heterocycles. The molecule has 1 saturated heterocycles. The van der Waals surface area contributed by atoms with E-state index in [0.717, 1.165) is 38.5 Å². The second-order valence-electron chi connectivity index (χ2n) is 8.98. The zero-order chi connectivity index (χ0) is 18.6. The van der Waals surface area contributed by atoms with E-state index in [1.54, 1.807) is 11.0 Å². The third-order valence-corrected chi connectivity index (χ3v) is 6.92. The molecular formula is C20H26FN3O3. The lowest BCUT2D eigenvalue weighted by Gasteiger charge is -2.57. The van der Waals surface area contributed by atoms with Crippen molar-refractivity contribution in [1.29, 1.82) is 0 Å². The van der Waals surface area contributed by atoms with Gasteiger partial charge in [0, 0.05) is 19.1 Å². The number of halogens is 1. The highest BCUT2D eigenvalue weighted by Gasteiger charge is 2.56. The van der Waals surface area contributed by atoms with Crippen LogP contribution >= 0.6 is 0 Å². The highest BCUT2D eigenvalue weighted by atomic mass is 19.1. The summed E-state index contributed by atoms with van der Waals surface area (Å²) < 4.78 is 18.9. The number of hydrogen-bond acceptors (Lipinski definition) is 5. The van der Waals surface area contributed by atoms with Gasteiger partial charge in [-0.2, -0.15) is 0 Å². The molecule has 6 nitrogen and oxygen atoms in total. The average Bonchev–Trinajstić information content (AvgIpc) is 3.07. The highest BCUT2D eigenvalue weighted by Crippen LogP contribution is 2.56. The molecule has 1 amide bonds. The minimum atomic E-state index is -0.510. The number of hydrogen-bond donors (Lipinski definition) is 2. The third-order valence-electron chi connectivity index (χ3n) is 6.92. The van der Waals surface area contributed by atoms with E-state index in [-0.39, 0.29) is 24.1 Å². The molecule has 1 aliphatic heterocycles. The number of likely N-dealkylation sites (tertiary alicyclic amines) is 1. The Bertz CT molecular complexity index is 712. The van der Waals surface area contributed by atoms with Crippen LogP contribution in [0.1, 0.15) is 38.5 Å². The number of nitrogens with zero attached hydrogens (tertiary/aromatic N) is 2. The smallest absolute Gasteiger partial charge is 0.410 e. The standard InChI is InChI=1S/C20H26FN3O3/c21-15-1-2-17(22-10-15)23-16-3-4-24(11-16)19(25)27-18-13-5-12-6-14(18)9-20(26,7-12)8-13/h1-2,10,12-14,16,18,26H,3-9,11H2,(H,22,23)/t12?,13-,14-,16?,18?,20?/m1/s1. The summed E-state index contributed by atoms with van der Waals surface area (Å²) in [6.07, 6.45) is 6.36. The number of rotatable bonds is 3. The minimum absolute atomic E-state index is 0.0416. The molecule has 3 atom stereocenters. The second kappa shape index (κ2) is 6.33. The number of ether oxygens (including phenoxy) is 1. The zero-order valence-electron chi connectivity index (χ0n) is 15.3. The molecule has 1 aromatic heterocycles. The SMILES string of the molecule is O=C(OC1[C@@H]2CC3C[C@@H]1CC(O)(C3)C2)N1CCC(Nc2ccc(F)cn2)C1. The Morgan fingerprint density at radius 2 is 2.07 bits per heavy atom. The van der Waals surface area contributed by atoms with Gasteiger partial charge in [-0.25, -0.2) is 14.2 Å². The molecule has 5 aliphatic rings. The van der Waals surface area contributed by atoms with E-state index in [0.29, 0.717) is 36.7 Å². The monoisotopic (exact) mass is 375 g/mol. The Hall–Kier alpha value is -1.89. The van der Waals surface area contributed by atoms with Crippen LogP contribution in [0.2, 0.25) is 0 Å². The third kappa shape index (κ3) is 3.26. The first-order valence-electron chi connectivity index (χ1n) is 10.0. The van der Waals surface area contributed by atoms with Crippen LogP contribution in [0.5, 0.6) is 0 Å². The van der Waals surface area contributed by atoms with Crippen molar-refractivity contribution in [2.24, 2.45) is 17.8 Å². The molecule has 0 radical (unpaired) electrons. The minimum Gasteiger partial charge on any atom is -0.446 e. The van der Waals surface area contributed by atoms with Crippen LogP contribution in [-0.4, -0.2) is 51.9 Å². The fraction of sp³-hybridized carbons (Fsp3) is 0.700. The summed E-state index contributed by atoms with van der Waals surface area (Å²) in [6.45, 7) is 1.21. The van der Waals surface area contributed by atoms with Crippen molar-refractivity contribution in [2.45, 2.75) is 56.3 Å². The predicted molar refractivity (Wildman–Crippen MR) is 96.6 cm³/mol. The summed E-state index contributed by atoms with van der Waals surface area (Å²) in [5.41, 5.74) is -0.510.